The molecule has 2 saturated heterocycles. The molecule has 26 heavy (non-hydrogen) atoms. The van der Waals surface area contributed by atoms with Gasteiger partial charge in [-0.05, 0) is 44.0 Å². The molecule has 2 aliphatic rings. The first-order valence-corrected chi connectivity index (χ1v) is 10.9. The lowest BCUT2D eigenvalue weighted by Crippen LogP contribution is -2.47. The molecule has 0 saturated carbocycles. The Bertz CT molecular complexity index is 768. The normalized spacial score (nSPS) is 21.1. The van der Waals surface area contributed by atoms with Crippen LogP contribution in [0.2, 0.25) is 5.02 Å². The van der Waals surface area contributed by atoms with Crippen molar-refractivity contribution in [1.29, 1.82) is 0 Å². The third-order valence-corrected chi connectivity index (χ3v) is 7.56. The molecule has 0 aromatic heterocycles. The molecule has 1 amide bonds. The number of carbonyl (C=O) groups excluding carboxylic acids is 1. The van der Waals surface area contributed by atoms with E-state index < -0.39 is 10.0 Å². The first-order valence-electron chi connectivity index (χ1n) is 9.06. The minimum absolute atomic E-state index is 0.139. The largest absolute Gasteiger partial charge is 0.339 e. The first-order chi connectivity index (χ1) is 12.3. The standard InChI is InChI=1S/C18H26ClN3O3S/c1-14-5-7-21(8-6-14)18(23)16-13-15(3-4-17(16)19)26(24,25)22-11-9-20(2)10-12-22/h3-4,13-14H,5-12H2,1-2H3. The quantitative estimate of drug-likeness (QED) is 0.781. The third-order valence-electron chi connectivity index (χ3n) is 5.34. The fourth-order valence-corrected chi connectivity index (χ4v) is 5.04. The van der Waals surface area contributed by atoms with E-state index in [9.17, 15) is 13.2 Å². The van der Waals surface area contributed by atoms with Crippen LogP contribution in [0.15, 0.2) is 23.1 Å². The number of rotatable bonds is 3. The van der Waals surface area contributed by atoms with Crippen molar-refractivity contribution in [3.8, 4) is 0 Å². The van der Waals surface area contributed by atoms with Gasteiger partial charge in [0.05, 0.1) is 15.5 Å². The third kappa shape index (κ3) is 4.06. The second kappa shape index (κ2) is 7.84. The maximum absolute atomic E-state index is 12.9. The van der Waals surface area contributed by atoms with Crippen molar-refractivity contribution in [2.45, 2.75) is 24.7 Å². The van der Waals surface area contributed by atoms with Gasteiger partial charge in [0.15, 0.2) is 0 Å². The molecule has 144 valence electrons. The summed E-state index contributed by atoms with van der Waals surface area (Å²) in [6.07, 6.45) is 1.92. The van der Waals surface area contributed by atoms with Gasteiger partial charge in [-0.2, -0.15) is 4.31 Å². The lowest BCUT2D eigenvalue weighted by molar-refractivity contribution is 0.0697. The number of hydrogen-bond donors (Lipinski definition) is 0. The summed E-state index contributed by atoms with van der Waals surface area (Å²) in [4.78, 5) is 16.9. The molecule has 0 bridgehead atoms. The number of carbonyl (C=O) groups is 1. The summed E-state index contributed by atoms with van der Waals surface area (Å²) >= 11 is 6.23. The van der Waals surface area contributed by atoms with Crippen LogP contribution in [-0.4, -0.2) is 74.7 Å². The van der Waals surface area contributed by atoms with Gasteiger partial charge in [0.2, 0.25) is 10.0 Å². The van der Waals surface area contributed by atoms with E-state index in [-0.39, 0.29) is 16.4 Å². The number of halogens is 1. The van der Waals surface area contributed by atoms with Crippen molar-refractivity contribution in [3.63, 3.8) is 0 Å². The molecule has 1 aromatic rings. The lowest BCUT2D eigenvalue weighted by atomic mass is 9.98. The molecule has 2 heterocycles. The Morgan fingerprint density at radius 1 is 1.08 bits per heavy atom. The van der Waals surface area contributed by atoms with Crippen molar-refractivity contribution < 1.29 is 13.2 Å². The lowest BCUT2D eigenvalue weighted by Gasteiger charge is -2.32. The highest BCUT2D eigenvalue weighted by Crippen LogP contribution is 2.26. The van der Waals surface area contributed by atoms with E-state index in [0.717, 1.165) is 12.8 Å². The zero-order valence-corrected chi connectivity index (χ0v) is 16.9. The Morgan fingerprint density at radius 2 is 1.69 bits per heavy atom. The predicted molar refractivity (Wildman–Crippen MR) is 102 cm³/mol. The number of likely N-dealkylation sites (N-methyl/N-ethyl adjacent to an activating group) is 1. The van der Waals surface area contributed by atoms with E-state index in [2.05, 4.69) is 11.8 Å². The molecule has 0 spiro atoms. The fourth-order valence-electron chi connectivity index (χ4n) is 3.39. The van der Waals surface area contributed by atoms with Crippen molar-refractivity contribution in [1.82, 2.24) is 14.1 Å². The van der Waals surface area contributed by atoms with Gasteiger partial charge < -0.3 is 9.80 Å². The summed E-state index contributed by atoms with van der Waals surface area (Å²) in [5, 5.41) is 0.297. The molecular formula is C18H26ClN3O3S. The molecule has 0 aliphatic carbocycles. The second-order valence-electron chi connectivity index (χ2n) is 7.32. The monoisotopic (exact) mass is 399 g/mol. The Kier molecular flexibility index (Phi) is 5.91. The molecular weight excluding hydrogens is 374 g/mol. The van der Waals surface area contributed by atoms with Crippen molar-refractivity contribution in [3.05, 3.63) is 28.8 Å². The van der Waals surface area contributed by atoms with Gasteiger partial charge in [-0.3, -0.25) is 4.79 Å². The van der Waals surface area contributed by atoms with Gasteiger partial charge >= 0.3 is 0 Å². The molecule has 2 fully saturated rings. The van der Waals surface area contributed by atoms with Gasteiger partial charge in [-0.25, -0.2) is 8.42 Å². The van der Waals surface area contributed by atoms with Crippen molar-refractivity contribution in [2.75, 3.05) is 46.3 Å². The van der Waals surface area contributed by atoms with Crippen LogP contribution >= 0.6 is 11.6 Å². The predicted octanol–water partition coefficient (Wildman–Crippen LogP) is 2.15. The maximum Gasteiger partial charge on any atom is 0.255 e. The number of amides is 1. The Morgan fingerprint density at radius 3 is 2.31 bits per heavy atom. The highest BCUT2D eigenvalue weighted by Gasteiger charge is 2.30. The summed E-state index contributed by atoms with van der Waals surface area (Å²) in [5.41, 5.74) is 0.274. The van der Waals surface area contributed by atoms with Crippen LogP contribution in [0.25, 0.3) is 0 Å². The average Bonchev–Trinajstić information content (AvgIpc) is 2.62. The highest BCUT2D eigenvalue weighted by molar-refractivity contribution is 7.89. The van der Waals surface area contributed by atoms with Crippen LogP contribution in [0.5, 0.6) is 0 Å². The van der Waals surface area contributed by atoms with E-state index in [4.69, 9.17) is 11.6 Å². The summed E-state index contributed by atoms with van der Waals surface area (Å²) in [5.74, 6) is 0.427. The van der Waals surface area contributed by atoms with Crippen LogP contribution < -0.4 is 0 Å². The minimum Gasteiger partial charge on any atom is -0.339 e. The van der Waals surface area contributed by atoms with Crippen LogP contribution in [0.1, 0.15) is 30.1 Å². The summed E-state index contributed by atoms with van der Waals surface area (Å²) in [7, 11) is -1.65. The molecule has 0 unspecified atom stereocenters. The van der Waals surface area contributed by atoms with Crippen LogP contribution in [0, 0.1) is 5.92 Å². The number of hydrogen-bond acceptors (Lipinski definition) is 4. The Labute approximate surface area is 160 Å². The number of piperazine rings is 1. The van der Waals surface area contributed by atoms with Crippen molar-refractivity contribution in [2.24, 2.45) is 5.92 Å². The topological polar surface area (TPSA) is 60.9 Å². The zero-order chi connectivity index (χ0) is 18.9. The molecule has 0 atom stereocenters. The molecule has 1 aromatic carbocycles. The van der Waals surface area contributed by atoms with Gasteiger partial charge in [-0.15, -0.1) is 0 Å². The molecule has 8 heteroatoms. The van der Waals surface area contributed by atoms with Crippen LogP contribution in [-0.2, 0) is 10.0 Å². The summed E-state index contributed by atoms with van der Waals surface area (Å²) in [6, 6.07) is 4.45. The number of piperidine rings is 1. The Balaban J connectivity index is 1.84. The van der Waals surface area contributed by atoms with E-state index in [1.54, 1.807) is 4.90 Å². The second-order valence-corrected chi connectivity index (χ2v) is 9.67. The number of nitrogens with zero attached hydrogens (tertiary/aromatic N) is 3. The van der Waals surface area contributed by atoms with Gasteiger partial charge in [0.1, 0.15) is 0 Å². The molecule has 3 rings (SSSR count). The van der Waals surface area contributed by atoms with E-state index in [1.165, 1.54) is 22.5 Å². The molecule has 6 nitrogen and oxygen atoms in total. The van der Waals surface area contributed by atoms with Crippen molar-refractivity contribution >= 4 is 27.5 Å². The minimum atomic E-state index is -3.62. The van der Waals surface area contributed by atoms with Gasteiger partial charge in [-0.1, -0.05) is 18.5 Å². The highest BCUT2D eigenvalue weighted by atomic mass is 35.5. The van der Waals surface area contributed by atoms with E-state index in [1.807, 2.05) is 7.05 Å². The number of likely N-dealkylation sites (tertiary alicyclic amines) is 1. The molecule has 0 radical (unpaired) electrons. The fraction of sp³-hybridized carbons (Fsp3) is 0.611. The smallest absolute Gasteiger partial charge is 0.255 e. The first kappa shape index (κ1) is 19.6. The van der Waals surface area contributed by atoms with Crippen LogP contribution in [0.4, 0.5) is 0 Å². The maximum atomic E-state index is 12.9. The Hall–Kier alpha value is -1.15. The number of sulfonamides is 1. The average molecular weight is 400 g/mol. The van der Waals surface area contributed by atoms with Gasteiger partial charge in [0.25, 0.3) is 5.91 Å². The zero-order valence-electron chi connectivity index (χ0n) is 15.3. The SMILES string of the molecule is CC1CCN(C(=O)c2cc(S(=O)(=O)N3CCN(C)CC3)ccc2Cl)CC1. The summed E-state index contributed by atoms with van der Waals surface area (Å²) < 4.78 is 27.4. The van der Waals surface area contributed by atoms with Crippen LogP contribution in [0.3, 0.4) is 0 Å². The number of benzene rings is 1. The molecule has 0 N–H and O–H groups in total. The summed E-state index contributed by atoms with van der Waals surface area (Å²) in [6.45, 7) is 5.86. The molecule has 2 aliphatic heterocycles. The van der Waals surface area contributed by atoms with E-state index in [0.29, 0.717) is 50.2 Å². The van der Waals surface area contributed by atoms with E-state index >= 15 is 0 Å². The van der Waals surface area contributed by atoms with Gasteiger partial charge in [0, 0.05) is 39.3 Å².